The maximum Gasteiger partial charge on any atom is 0.260 e. The van der Waals surface area contributed by atoms with E-state index in [-0.39, 0.29) is 18.4 Å². The number of amides is 2. The Bertz CT molecular complexity index is 618. The minimum absolute atomic E-state index is 0.00624. The molecule has 1 aliphatic rings. The number of hydrogen-bond donors (Lipinski definition) is 1. The first kappa shape index (κ1) is 22.0. The number of para-hydroxylation sites is 2. The van der Waals surface area contributed by atoms with Crippen molar-refractivity contribution in [2.75, 3.05) is 66.2 Å². The van der Waals surface area contributed by atoms with Crippen LogP contribution in [0.15, 0.2) is 24.3 Å². The van der Waals surface area contributed by atoms with Gasteiger partial charge in [-0.25, -0.2) is 0 Å². The van der Waals surface area contributed by atoms with Crippen LogP contribution in [0.3, 0.4) is 0 Å². The molecule has 2 amide bonds. The van der Waals surface area contributed by atoms with Crippen molar-refractivity contribution in [1.82, 2.24) is 15.1 Å². The molecule has 0 spiro atoms. The second kappa shape index (κ2) is 12.2. The molecule has 1 aromatic rings. The van der Waals surface area contributed by atoms with E-state index in [0.29, 0.717) is 64.0 Å². The summed E-state index contributed by atoms with van der Waals surface area (Å²) in [5.74, 6) is 1.15. The molecule has 0 aliphatic carbocycles. The topological polar surface area (TPSA) is 80.3 Å². The molecule has 2 rings (SSSR count). The van der Waals surface area contributed by atoms with Crippen LogP contribution in [0.5, 0.6) is 11.5 Å². The lowest BCUT2D eigenvalue weighted by molar-refractivity contribution is -0.135. The van der Waals surface area contributed by atoms with Crippen molar-refractivity contribution >= 4 is 11.8 Å². The van der Waals surface area contributed by atoms with Crippen LogP contribution in [0, 0.1) is 0 Å². The van der Waals surface area contributed by atoms with Gasteiger partial charge in [-0.15, -0.1) is 0 Å². The Morgan fingerprint density at radius 2 is 1.75 bits per heavy atom. The van der Waals surface area contributed by atoms with Crippen LogP contribution in [0.1, 0.15) is 13.3 Å². The average molecular weight is 393 g/mol. The van der Waals surface area contributed by atoms with E-state index in [1.54, 1.807) is 18.1 Å². The van der Waals surface area contributed by atoms with Gasteiger partial charge < -0.3 is 24.4 Å². The average Bonchev–Trinajstić information content (AvgIpc) is 2.71. The zero-order valence-electron chi connectivity index (χ0n) is 16.8. The number of ether oxygens (including phenoxy) is 3. The van der Waals surface area contributed by atoms with Crippen LogP contribution in [0.4, 0.5) is 0 Å². The predicted molar refractivity (Wildman–Crippen MR) is 106 cm³/mol. The van der Waals surface area contributed by atoms with Gasteiger partial charge in [0.2, 0.25) is 5.91 Å². The van der Waals surface area contributed by atoms with Crippen LogP contribution in [0.2, 0.25) is 0 Å². The van der Waals surface area contributed by atoms with Crippen LogP contribution in [-0.2, 0) is 14.3 Å². The van der Waals surface area contributed by atoms with Gasteiger partial charge in [0, 0.05) is 46.4 Å². The Morgan fingerprint density at radius 1 is 1.07 bits per heavy atom. The van der Waals surface area contributed by atoms with Crippen molar-refractivity contribution in [3.63, 3.8) is 0 Å². The molecule has 1 saturated heterocycles. The van der Waals surface area contributed by atoms with E-state index in [9.17, 15) is 9.59 Å². The number of rotatable bonds is 11. The normalized spacial score (nSPS) is 14.6. The van der Waals surface area contributed by atoms with E-state index < -0.39 is 0 Å². The van der Waals surface area contributed by atoms with Gasteiger partial charge in [-0.2, -0.15) is 0 Å². The molecule has 1 heterocycles. The molecule has 0 bridgehead atoms. The highest BCUT2D eigenvalue weighted by molar-refractivity contribution is 5.79. The number of nitrogens with one attached hydrogen (secondary N) is 1. The highest BCUT2D eigenvalue weighted by Crippen LogP contribution is 2.26. The second-order valence-electron chi connectivity index (χ2n) is 6.52. The Balaban J connectivity index is 1.68. The smallest absolute Gasteiger partial charge is 0.260 e. The molecule has 1 aliphatic heterocycles. The van der Waals surface area contributed by atoms with E-state index in [0.717, 1.165) is 6.42 Å². The van der Waals surface area contributed by atoms with Crippen LogP contribution in [-0.4, -0.2) is 87.8 Å². The fourth-order valence-corrected chi connectivity index (χ4v) is 2.93. The largest absolute Gasteiger partial charge is 0.490 e. The second-order valence-corrected chi connectivity index (χ2v) is 6.52. The van der Waals surface area contributed by atoms with Gasteiger partial charge in [-0.1, -0.05) is 12.1 Å². The molecule has 8 heteroatoms. The van der Waals surface area contributed by atoms with E-state index in [4.69, 9.17) is 14.2 Å². The lowest BCUT2D eigenvalue weighted by atomic mass is 10.3. The van der Waals surface area contributed by atoms with Crippen LogP contribution in [0.25, 0.3) is 0 Å². The Labute approximate surface area is 166 Å². The Morgan fingerprint density at radius 3 is 2.39 bits per heavy atom. The molecule has 0 atom stereocenters. The first-order valence-corrected chi connectivity index (χ1v) is 9.74. The zero-order valence-corrected chi connectivity index (χ0v) is 16.8. The summed E-state index contributed by atoms with van der Waals surface area (Å²) < 4.78 is 16.1. The zero-order chi connectivity index (χ0) is 20.2. The van der Waals surface area contributed by atoms with Gasteiger partial charge in [0.05, 0.1) is 13.2 Å². The SMILES string of the molecule is CCOc1ccccc1OCC(=O)N1CCN(CC(=O)NCCCOC)CC1. The number of piperazine rings is 1. The van der Waals surface area contributed by atoms with Crippen molar-refractivity contribution in [2.45, 2.75) is 13.3 Å². The molecule has 28 heavy (non-hydrogen) atoms. The highest BCUT2D eigenvalue weighted by atomic mass is 16.5. The van der Waals surface area contributed by atoms with Crippen molar-refractivity contribution in [3.8, 4) is 11.5 Å². The van der Waals surface area contributed by atoms with Crippen LogP contribution >= 0.6 is 0 Å². The molecule has 1 aromatic carbocycles. The number of methoxy groups -OCH3 is 1. The lowest BCUT2D eigenvalue weighted by Crippen LogP contribution is -2.52. The maximum absolute atomic E-state index is 12.4. The number of carbonyl (C=O) groups is 2. The van der Waals surface area contributed by atoms with E-state index in [2.05, 4.69) is 10.2 Å². The van der Waals surface area contributed by atoms with Gasteiger partial charge in [-0.3, -0.25) is 14.5 Å². The number of carbonyl (C=O) groups excluding carboxylic acids is 2. The van der Waals surface area contributed by atoms with E-state index >= 15 is 0 Å². The van der Waals surface area contributed by atoms with Crippen molar-refractivity contribution in [2.24, 2.45) is 0 Å². The molecule has 0 aromatic heterocycles. The fraction of sp³-hybridized carbons (Fsp3) is 0.600. The van der Waals surface area contributed by atoms with E-state index in [1.807, 2.05) is 25.1 Å². The Kier molecular flexibility index (Phi) is 9.57. The van der Waals surface area contributed by atoms with Gasteiger partial charge in [0.1, 0.15) is 0 Å². The third-order valence-electron chi connectivity index (χ3n) is 4.44. The molecule has 1 fully saturated rings. The van der Waals surface area contributed by atoms with Gasteiger partial charge in [0.15, 0.2) is 18.1 Å². The number of benzene rings is 1. The summed E-state index contributed by atoms with van der Waals surface area (Å²) in [6.07, 6.45) is 0.803. The van der Waals surface area contributed by atoms with Gasteiger partial charge in [0.25, 0.3) is 5.91 Å². The molecule has 156 valence electrons. The Hall–Kier alpha value is -2.32. The summed E-state index contributed by atoms with van der Waals surface area (Å²) >= 11 is 0. The minimum Gasteiger partial charge on any atom is -0.490 e. The van der Waals surface area contributed by atoms with E-state index in [1.165, 1.54) is 0 Å². The predicted octanol–water partition coefficient (Wildman–Crippen LogP) is 0.761. The first-order chi connectivity index (χ1) is 13.6. The molecular formula is C20H31N3O5. The summed E-state index contributed by atoms with van der Waals surface area (Å²) in [5.41, 5.74) is 0. The van der Waals surface area contributed by atoms with Gasteiger partial charge in [-0.05, 0) is 25.5 Å². The molecule has 1 N–H and O–H groups in total. The molecule has 0 unspecified atom stereocenters. The summed E-state index contributed by atoms with van der Waals surface area (Å²) in [6, 6.07) is 7.33. The first-order valence-electron chi connectivity index (χ1n) is 9.74. The van der Waals surface area contributed by atoms with Crippen molar-refractivity contribution < 1.29 is 23.8 Å². The van der Waals surface area contributed by atoms with Gasteiger partial charge >= 0.3 is 0 Å². The molecule has 8 nitrogen and oxygen atoms in total. The van der Waals surface area contributed by atoms with Crippen molar-refractivity contribution in [1.29, 1.82) is 0 Å². The summed E-state index contributed by atoms with van der Waals surface area (Å²) in [7, 11) is 1.64. The maximum atomic E-state index is 12.4. The quantitative estimate of drug-likeness (QED) is 0.559. The standard InChI is InChI=1S/C20H31N3O5/c1-3-27-17-7-4-5-8-18(17)28-16-20(25)23-12-10-22(11-13-23)15-19(24)21-9-6-14-26-2/h4-5,7-8H,3,6,9-16H2,1-2H3,(H,21,24). The third-order valence-corrected chi connectivity index (χ3v) is 4.44. The fourth-order valence-electron chi connectivity index (χ4n) is 2.93. The van der Waals surface area contributed by atoms with Crippen LogP contribution < -0.4 is 14.8 Å². The molecular weight excluding hydrogens is 362 g/mol. The minimum atomic E-state index is -0.0602. The van der Waals surface area contributed by atoms with Crippen molar-refractivity contribution in [3.05, 3.63) is 24.3 Å². The summed E-state index contributed by atoms with van der Waals surface area (Å²) in [6.45, 7) is 6.55. The third kappa shape index (κ3) is 7.36. The number of hydrogen-bond acceptors (Lipinski definition) is 6. The highest BCUT2D eigenvalue weighted by Gasteiger charge is 2.22. The molecule has 0 radical (unpaired) electrons. The lowest BCUT2D eigenvalue weighted by Gasteiger charge is -2.34. The summed E-state index contributed by atoms with van der Waals surface area (Å²) in [5, 5.41) is 2.88. The monoisotopic (exact) mass is 393 g/mol. The summed E-state index contributed by atoms with van der Waals surface area (Å²) in [4.78, 5) is 28.2. The number of nitrogens with zero attached hydrogens (tertiary/aromatic N) is 2. The molecule has 0 saturated carbocycles.